The Morgan fingerprint density at radius 1 is 1.13 bits per heavy atom. The summed E-state index contributed by atoms with van der Waals surface area (Å²) in [6.07, 6.45) is 1.33. The maximum Gasteiger partial charge on any atom is 0.251 e. The summed E-state index contributed by atoms with van der Waals surface area (Å²) in [6, 6.07) is 6.60. The summed E-state index contributed by atoms with van der Waals surface area (Å²) in [4.78, 5) is 14.3. The summed E-state index contributed by atoms with van der Waals surface area (Å²) < 4.78 is 32.9. The van der Waals surface area contributed by atoms with Gasteiger partial charge in [-0.25, -0.2) is 8.42 Å². The average molecular weight is 403 g/mol. The van der Waals surface area contributed by atoms with E-state index in [1.54, 1.807) is 29.2 Å². The first-order valence-corrected chi connectivity index (χ1v) is 9.88. The quantitative estimate of drug-likeness (QED) is 0.767. The van der Waals surface area contributed by atoms with Gasteiger partial charge in [0.25, 0.3) is 5.91 Å². The summed E-state index contributed by atoms with van der Waals surface area (Å²) in [5, 5.41) is 0. The maximum absolute atomic E-state index is 12.6. The van der Waals surface area contributed by atoms with Crippen molar-refractivity contribution < 1.29 is 17.9 Å². The van der Waals surface area contributed by atoms with Crippen LogP contribution >= 0.6 is 15.9 Å². The molecule has 6 nitrogen and oxygen atoms in total. The number of carbonyl (C=O) groups excluding carboxylic acids is 1. The van der Waals surface area contributed by atoms with E-state index in [0.29, 0.717) is 32.8 Å². The number of rotatable bonds is 3. The van der Waals surface area contributed by atoms with Crippen LogP contribution in [0.25, 0.3) is 0 Å². The normalized spacial score (nSPS) is 23.2. The van der Waals surface area contributed by atoms with E-state index >= 15 is 0 Å². The van der Waals surface area contributed by atoms with Gasteiger partial charge in [-0.2, -0.15) is 4.31 Å². The van der Waals surface area contributed by atoms with Gasteiger partial charge in [-0.1, -0.05) is 15.9 Å². The van der Waals surface area contributed by atoms with Gasteiger partial charge in [0.05, 0.1) is 4.90 Å². The zero-order valence-electron chi connectivity index (χ0n) is 12.7. The molecule has 0 bridgehead atoms. The third-order valence-corrected chi connectivity index (χ3v) is 6.65. The number of hydrogen-bond donors (Lipinski definition) is 0. The molecule has 1 amide bonds. The summed E-state index contributed by atoms with van der Waals surface area (Å²) in [6.45, 7) is 2.09. The number of benzene rings is 1. The molecule has 0 aliphatic carbocycles. The largest absolute Gasteiger partial charge is 0.368 e. The fourth-order valence-corrected chi connectivity index (χ4v) is 4.57. The Labute approximate surface area is 144 Å². The third-order valence-electron chi connectivity index (χ3n) is 4.21. The SMILES string of the molecule is O=C([C@H]1CCCO1)N1CCN(S(=O)(=O)c2ccc(Br)cc2)CC1. The minimum Gasteiger partial charge on any atom is -0.368 e. The molecular formula is C15H19BrN2O4S. The summed E-state index contributed by atoms with van der Waals surface area (Å²) in [5.41, 5.74) is 0. The molecule has 1 aromatic carbocycles. The highest BCUT2D eigenvalue weighted by molar-refractivity contribution is 9.10. The summed E-state index contributed by atoms with van der Waals surface area (Å²) >= 11 is 3.30. The molecule has 126 valence electrons. The molecule has 1 atom stereocenters. The lowest BCUT2D eigenvalue weighted by Gasteiger charge is -2.35. The molecule has 2 aliphatic rings. The van der Waals surface area contributed by atoms with E-state index in [4.69, 9.17) is 4.74 Å². The molecule has 0 radical (unpaired) electrons. The third kappa shape index (κ3) is 3.60. The van der Waals surface area contributed by atoms with Gasteiger partial charge in [-0.3, -0.25) is 4.79 Å². The van der Waals surface area contributed by atoms with Crippen molar-refractivity contribution in [3.05, 3.63) is 28.7 Å². The highest BCUT2D eigenvalue weighted by Crippen LogP contribution is 2.21. The number of piperazine rings is 1. The van der Waals surface area contributed by atoms with Crippen molar-refractivity contribution in [3.63, 3.8) is 0 Å². The summed E-state index contributed by atoms with van der Waals surface area (Å²) in [5.74, 6) is -0.0109. The van der Waals surface area contributed by atoms with Crippen molar-refractivity contribution in [3.8, 4) is 0 Å². The van der Waals surface area contributed by atoms with E-state index in [1.165, 1.54) is 4.31 Å². The molecule has 2 aliphatic heterocycles. The van der Waals surface area contributed by atoms with Gasteiger partial charge in [0, 0.05) is 37.3 Å². The molecule has 8 heteroatoms. The molecule has 0 aromatic heterocycles. The molecule has 0 saturated carbocycles. The van der Waals surface area contributed by atoms with Crippen molar-refractivity contribution >= 4 is 31.9 Å². The average Bonchev–Trinajstić information content (AvgIpc) is 3.09. The van der Waals surface area contributed by atoms with E-state index in [0.717, 1.165) is 17.3 Å². The molecular weight excluding hydrogens is 384 g/mol. The number of hydrogen-bond acceptors (Lipinski definition) is 4. The Kier molecular flexibility index (Phi) is 5.05. The lowest BCUT2D eigenvalue weighted by atomic mass is 10.2. The van der Waals surface area contributed by atoms with E-state index in [1.807, 2.05) is 0 Å². The van der Waals surface area contributed by atoms with Crippen molar-refractivity contribution in [2.24, 2.45) is 0 Å². The molecule has 1 aromatic rings. The fourth-order valence-electron chi connectivity index (χ4n) is 2.88. The fraction of sp³-hybridized carbons (Fsp3) is 0.533. The Balaban J connectivity index is 1.64. The molecule has 2 fully saturated rings. The van der Waals surface area contributed by atoms with E-state index in [9.17, 15) is 13.2 Å². The first-order chi connectivity index (χ1) is 11.0. The second-order valence-corrected chi connectivity index (χ2v) is 8.54. The Morgan fingerprint density at radius 3 is 2.35 bits per heavy atom. The molecule has 2 heterocycles. The van der Waals surface area contributed by atoms with E-state index in [-0.39, 0.29) is 16.9 Å². The number of halogens is 1. The topological polar surface area (TPSA) is 66.9 Å². The van der Waals surface area contributed by atoms with Gasteiger partial charge in [-0.15, -0.1) is 0 Å². The lowest BCUT2D eigenvalue weighted by Crippen LogP contribution is -2.52. The predicted molar refractivity (Wildman–Crippen MR) is 88.5 cm³/mol. The van der Waals surface area contributed by atoms with Crippen LogP contribution < -0.4 is 0 Å². The first-order valence-electron chi connectivity index (χ1n) is 7.64. The van der Waals surface area contributed by atoms with Gasteiger partial charge in [-0.05, 0) is 37.1 Å². The van der Waals surface area contributed by atoms with Crippen LogP contribution in [0.2, 0.25) is 0 Å². The number of amides is 1. The lowest BCUT2D eigenvalue weighted by molar-refractivity contribution is -0.142. The predicted octanol–water partition coefficient (Wildman–Crippen LogP) is 1.46. The zero-order chi connectivity index (χ0) is 16.4. The molecule has 0 N–H and O–H groups in total. The minimum absolute atomic E-state index is 0.0109. The number of sulfonamides is 1. The van der Waals surface area contributed by atoms with Crippen LogP contribution in [0, 0.1) is 0 Å². The van der Waals surface area contributed by atoms with Crippen molar-refractivity contribution in [2.45, 2.75) is 23.8 Å². The van der Waals surface area contributed by atoms with Crippen molar-refractivity contribution in [2.75, 3.05) is 32.8 Å². The monoisotopic (exact) mass is 402 g/mol. The highest BCUT2D eigenvalue weighted by atomic mass is 79.9. The van der Waals surface area contributed by atoms with Gasteiger partial charge < -0.3 is 9.64 Å². The van der Waals surface area contributed by atoms with Gasteiger partial charge in [0.2, 0.25) is 10.0 Å². The molecule has 0 spiro atoms. The second kappa shape index (κ2) is 6.88. The van der Waals surface area contributed by atoms with Crippen LogP contribution in [0.5, 0.6) is 0 Å². The highest BCUT2D eigenvalue weighted by Gasteiger charge is 2.33. The Bertz CT molecular complexity index is 663. The van der Waals surface area contributed by atoms with Gasteiger partial charge in [0.15, 0.2) is 0 Å². The van der Waals surface area contributed by atoms with Crippen LogP contribution in [-0.2, 0) is 19.6 Å². The van der Waals surface area contributed by atoms with E-state index in [2.05, 4.69) is 15.9 Å². The molecule has 23 heavy (non-hydrogen) atoms. The Morgan fingerprint density at radius 2 is 1.78 bits per heavy atom. The summed E-state index contributed by atoms with van der Waals surface area (Å²) in [7, 11) is -3.50. The zero-order valence-corrected chi connectivity index (χ0v) is 15.1. The van der Waals surface area contributed by atoms with Crippen LogP contribution in [0.15, 0.2) is 33.6 Å². The van der Waals surface area contributed by atoms with Gasteiger partial charge in [0.1, 0.15) is 6.10 Å². The van der Waals surface area contributed by atoms with Crippen LogP contribution in [0.3, 0.4) is 0 Å². The number of nitrogens with zero attached hydrogens (tertiary/aromatic N) is 2. The second-order valence-electron chi connectivity index (χ2n) is 5.68. The van der Waals surface area contributed by atoms with Crippen LogP contribution in [0.1, 0.15) is 12.8 Å². The van der Waals surface area contributed by atoms with E-state index < -0.39 is 10.0 Å². The van der Waals surface area contributed by atoms with Crippen LogP contribution in [0.4, 0.5) is 0 Å². The molecule has 0 unspecified atom stereocenters. The smallest absolute Gasteiger partial charge is 0.251 e. The molecule has 3 rings (SSSR count). The first kappa shape index (κ1) is 16.9. The van der Waals surface area contributed by atoms with Crippen molar-refractivity contribution in [1.82, 2.24) is 9.21 Å². The number of ether oxygens (including phenoxy) is 1. The minimum atomic E-state index is -3.50. The number of carbonyl (C=O) groups is 1. The van der Waals surface area contributed by atoms with Gasteiger partial charge >= 0.3 is 0 Å². The Hall–Kier alpha value is -0.960. The standard InChI is InChI=1S/C15H19BrN2O4S/c16-12-3-5-13(6-4-12)23(20,21)18-9-7-17(8-10-18)15(19)14-2-1-11-22-14/h3-6,14H,1-2,7-11H2/t14-/m1/s1. The van der Waals surface area contributed by atoms with Crippen molar-refractivity contribution in [1.29, 1.82) is 0 Å². The maximum atomic E-state index is 12.6. The molecule has 2 saturated heterocycles. The van der Waals surface area contributed by atoms with Crippen LogP contribution in [-0.4, -0.2) is 62.4 Å².